The van der Waals surface area contributed by atoms with E-state index in [0.29, 0.717) is 12.4 Å². The molecule has 0 amide bonds. The van der Waals surface area contributed by atoms with E-state index in [1.165, 1.54) is 0 Å². The van der Waals surface area contributed by atoms with Gasteiger partial charge in [-0.05, 0) is 12.1 Å². The lowest BCUT2D eigenvalue weighted by molar-refractivity contribution is 0.669. The van der Waals surface area contributed by atoms with Gasteiger partial charge in [-0.2, -0.15) is 0 Å². The quantitative estimate of drug-likeness (QED) is 0.755. The van der Waals surface area contributed by atoms with E-state index in [-0.39, 0.29) is 4.99 Å². The van der Waals surface area contributed by atoms with Gasteiger partial charge in [-0.1, -0.05) is 18.3 Å². The Morgan fingerprint density at radius 1 is 1.40 bits per heavy atom. The van der Waals surface area contributed by atoms with E-state index in [4.69, 9.17) is 18.0 Å². The van der Waals surface area contributed by atoms with Crippen molar-refractivity contribution in [1.82, 2.24) is 19.7 Å². The topological polar surface area (TPSA) is 69.6 Å². The maximum atomic E-state index is 5.40. The fraction of sp³-hybridized carbons (Fsp3) is 0.111. The van der Waals surface area contributed by atoms with E-state index < -0.39 is 0 Å². The largest absolute Gasteiger partial charge is 0.387 e. The average Bonchev–Trinajstić information content (AvgIpc) is 2.68. The molecule has 0 radical (unpaired) electrons. The van der Waals surface area contributed by atoms with Crippen molar-refractivity contribution >= 4 is 17.2 Å². The number of hydrogen-bond acceptors (Lipinski definition) is 4. The number of nitrogens with zero attached hydrogens (tertiary/aromatic N) is 4. The Bertz CT molecular complexity index is 464. The second kappa shape index (κ2) is 4.14. The van der Waals surface area contributed by atoms with Gasteiger partial charge in [0.25, 0.3) is 0 Å². The highest BCUT2D eigenvalue weighted by atomic mass is 32.1. The van der Waals surface area contributed by atoms with Crippen LogP contribution in [0.1, 0.15) is 11.5 Å². The minimum atomic E-state index is 0.203. The minimum absolute atomic E-state index is 0.203. The zero-order valence-electron chi connectivity index (χ0n) is 7.87. The van der Waals surface area contributed by atoms with E-state index in [1.807, 2.05) is 18.2 Å². The summed E-state index contributed by atoms with van der Waals surface area (Å²) in [6.07, 6.45) is 3.32. The van der Waals surface area contributed by atoms with E-state index in [0.717, 1.165) is 5.69 Å². The SMILES string of the molecule is NC(=S)c1ncn(Cc2ccccn2)n1. The molecular formula is C9H9N5S. The van der Waals surface area contributed by atoms with Crippen molar-refractivity contribution < 1.29 is 0 Å². The Morgan fingerprint density at radius 2 is 2.27 bits per heavy atom. The summed E-state index contributed by atoms with van der Waals surface area (Å²) < 4.78 is 1.65. The third-order valence-electron chi connectivity index (χ3n) is 1.81. The smallest absolute Gasteiger partial charge is 0.208 e. The van der Waals surface area contributed by atoms with Crippen LogP contribution in [0.25, 0.3) is 0 Å². The first-order valence-corrected chi connectivity index (χ1v) is 4.75. The second-order valence-corrected chi connectivity index (χ2v) is 3.39. The lowest BCUT2D eigenvalue weighted by Crippen LogP contribution is -2.12. The van der Waals surface area contributed by atoms with Crippen molar-refractivity contribution in [2.75, 3.05) is 0 Å². The summed E-state index contributed by atoms with van der Waals surface area (Å²) in [6, 6.07) is 5.71. The Morgan fingerprint density at radius 3 is 2.87 bits per heavy atom. The molecule has 0 spiro atoms. The van der Waals surface area contributed by atoms with Gasteiger partial charge in [0.05, 0.1) is 12.2 Å². The van der Waals surface area contributed by atoms with Crippen LogP contribution >= 0.6 is 12.2 Å². The summed E-state index contributed by atoms with van der Waals surface area (Å²) in [5.74, 6) is 0.390. The molecule has 0 aliphatic heterocycles. The molecule has 0 saturated carbocycles. The molecule has 0 bridgehead atoms. The van der Waals surface area contributed by atoms with Gasteiger partial charge in [0.15, 0.2) is 0 Å². The van der Waals surface area contributed by atoms with Gasteiger partial charge in [0.1, 0.15) is 11.3 Å². The summed E-state index contributed by atoms with van der Waals surface area (Å²) in [5.41, 5.74) is 6.31. The summed E-state index contributed by atoms with van der Waals surface area (Å²) >= 11 is 4.76. The van der Waals surface area contributed by atoms with Crippen LogP contribution in [0.15, 0.2) is 30.7 Å². The first kappa shape index (κ1) is 9.72. The minimum Gasteiger partial charge on any atom is -0.387 e. The predicted octanol–water partition coefficient (Wildman–Crippen LogP) is 0.356. The van der Waals surface area contributed by atoms with Gasteiger partial charge >= 0.3 is 0 Å². The number of hydrogen-bond donors (Lipinski definition) is 1. The first-order valence-electron chi connectivity index (χ1n) is 4.35. The van der Waals surface area contributed by atoms with Crippen LogP contribution in [0.5, 0.6) is 0 Å². The maximum Gasteiger partial charge on any atom is 0.208 e. The van der Waals surface area contributed by atoms with Crippen molar-refractivity contribution in [3.8, 4) is 0 Å². The molecule has 0 fully saturated rings. The van der Waals surface area contributed by atoms with Crippen LogP contribution in [0.4, 0.5) is 0 Å². The molecule has 2 N–H and O–H groups in total. The van der Waals surface area contributed by atoms with Gasteiger partial charge in [-0.25, -0.2) is 9.67 Å². The molecule has 5 nitrogen and oxygen atoms in total. The molecule has 0 saturated heterocycles. The van der Waals surface area contributed by atoms with Gasteiger partial charge in [0, 0.05) is 6.20 Å². The molecule has 0 unspecified atom stereocenters. The lowest BCUT2D eigenvalue weighted by atomic mass is 10.3. The van der Waals surface area contributed by atoms with Crippen molar-refractivity contribution in [3.05, 3.63) is 42.2 Å². The Balaban J connectivity index is 2.15. The summed E-state index contributed by atoms with van der Waals surface area (Å²) in [4.78, 5) is 8.35. The number of thiocarbonyl (C=S) groups is 1. The molecule has 76 valence electrons. The molecule has 0 aliphatic carbocycles. The highest BCUT2D eigenvalue weighted by Crippen LogP contribution is 1.97. The van der Waals surface area contributed by atoms with Crippen molar-refractivity contribution in [1.29, 1.82) is 0 Å². The van der Waals surface area contributed by atoms with Gasteiger partial charge < -0.3 is 5.73 Å². The molecule has 2 aromatic heterocycles. The van der Waals surface area contributed by atoms with Gasteiger partial charge in [-0.15, -0.1) is 5.10 Å². The molecule has 15 heavy (non-hydrogen) atoms. The molecule has 2 rings (SSSR count). The van der Waals surface area contributed by atoms with Crippen LogP contribution in [0, 0.1) is 0 Å². The molecule has 0 aromatic carbocycles. The van der Waals surface area contributed by atoms with Crippen molar-refractivity contribution in [2.45, 2.75) is 6.54 Å². The van der Waals surface area contributed by atoms with Crippen LogP contribution in [0.3, 0.4) is 0 Å². The number of pyridine rings is 1. The fourth-order valence-electron chi connectivity index (χ4n) is 1.14. The standard InChI is InChI=1S/C9H9N5S/c10-8(15)9-12-6-14(13-9)5-7-3-1-2-4-11-7/h1-4,6H,5H2,(H2,10,15). The molecular weight excluding hydrogens is 210 g/mol. The van der Waals surface area contributed by atoms with E-state index in [1.54, 1.807) is 17.2 Å². The number of rotatable bonds is 3. The van der Waals surface area contributed by atoms with E-state index in [2.05, 4.69) is 15.1 Å². The van der Waals surface area contributed by atoms with Gasteiger partial charge in [0.2, 0.25) is 5.82 Å². The van der Waals surface area contributed by atoms with Crippen LogP contribution < -0.4 is 5.73 Å². The van der Waals surface area contributed by atoms with Crippen molar-refractivity contribution in [3.63, 3.8) is 0 Å². The highest BCUT2D eigenvalue weighted by Gasteiger charge is 2.03. The fourth-order valence-corrected chi connectivity index (χ4v) is 1.23. The van der Waals surface area contributed by atoms with Crippen molar-refractivity contribution in [2.24, 2.45) is 5.73 Å². The summed E-state index contributed by atoms with van der Waals surface area (Å²) in [6.45, 7) is 0.566. The van der Waals surface area contributed by atoms with Crippen LogP contribution in [-0.4, -0.2) is 24.7 Å². The highest BCUT2D eigenvalue weighted by molar-refractivity contribution is 7.80. The Kier molecular flexibility index (Phi) is 2.68. The number of aromatic nitrogens is 4. The van der Waals surface area contributed by atoms with E-state index in [9.17, 15) is 0 Å². The van der Waals surface area contributed by atoms with Gasteiger partial charge in [-0.3, -0.25) is 4.98 Å². The zero-order chi connectivity index (χ0) is 10.7. The molecule has 2 aromatic rings. The Hall–Kier alpha value is -1.82. The van der Waals surface area contributed by atoms with E-state index >= 15 is 0 Å². The Labute approximate surface area is 92.0 Å². The number of nitrogens with two attached hydrogens (primary N) is 1. The zero-order valence-corrected chi connectivity index (χ0v) is 8.68. The molecule has 0 aliphatic rings. The second-order valence-electron chi connectivity index (χ2n) is 2.95. The monoisotopic (exact) mass is 219 g/mol. The summed E-state index contributed by atoms with van der Waals surface area (Å²) in [7, 11) is 0. The molecule has 0 atom stereocenters. The van der Waals surface area contributed by atoms with Crippen LogP contribution in [-0.2, 0) is 6.54 Å². The average molecular weight is 219 g/mol. The first-order chi connectivity index (χ1) is 7.25. The van der Waals surface area contributed by atoms with Crippen LogP contribution in [0.2, 0.25) is 0 Å². The third-order valence-corrected chi connectivity index (χ3v) is 1.99. The normalized spacial score (nSPS) is 10.1. The molecule has 2 heterocycles. The summed E-state index contributed by atoms with van der Waals surface area (Å²) in [5, 5.41) is 4.10. The maximum absolute atomic E-state index is 5.40. The molecule has 6 heteroatoms. The third kappa shape index (κ3) is 2.35. The predicted molar refractivity (Wildman–Crippen MR) is 59.2 cm³/mol. The lowest BCUT2D eigenvalue weighted by Gasteiger charge is -1.98.